The van der Waals surface area contributed by atoms with E-state index in [1.54, 1.807) is 21.7 Å². The number of carbonyl (C=O) groups excluding carboxylic acids is 2. The van der Waals surface area contributed by atoms with Gasteiger partial charge in [0.15, 0.2) is 5.78 Å². The molecule has 1 aromatic heterocycles. The second-order valence-corrected chi connectivity index (χ2v) is 11.2. The van der Waals surface area contributed by atoms with Crippen LogP contribution in [0.2, 0.25) is 0 Å². The number of aryl methyl sites for hydroxylation is 1. The van der Waals surface area contributed by atoms with Gasteiger partial charge in [0.05, 0.1) is 17.1 Å². The molecule has 1 amide bonds. The van der Waals surface area contributed by atoms with E-state index in [1.807, 2.05) is 55.6 Å². The van der Waals surface area contributed by atoms with Crippen molar-refractivity contribution < 1.29 is 18.0 Å². The van der Waals surface area contributed by atoms with Crippen LogP contribution in [-0.2, 0) is 36.6 Å². The molecular weight excluding hydrogens is 500 g/mol. The zero-order chi connectivity index (χ0) is 26.9. The minimum absolute atomic E-state index is 0.121. The number of hydrogen-bond donors (Lipinski definition) is 0. The number of Topliss-reactive ketones (excluding diaryl/α,β-unsaturated/α-hetero) is 1. The quantitative estimate of drug-likeness (QED) is 0.335. The summed E-state index contributed by atoms with van der Waals surface area (Å²) >= 11 is 0. The van der Waals surface area contributed by atoms with Gasteiger partial charge in [-0.05, 0) is 43.3 Å². The number of carbonyl (C=O) groups is 2. The molecule has 0 bridgehead atoms. The molecule has 9 heteroatoms. The van der Waals surface area contributed by atoms with E-state index >= 15 is 0 Å². The molecule has 0 atom stereocenters. The highest BCUT2D eigenvalue weighted by molar-refractivity contribution is 7.89. The number of amides is 1. The maximum absolute atomic E-state index is 13.6. The first-order valence-electron chi connectivity index (χ1n) is 12.3. The number of ketones is 1. The van der Waals surface area contributed by atoms with Gasteiger partial charge < -0.3 is 4.90 Å². The highest BCUT2D eigenvalue weighted by Crippen LogP contribution is 2.29. The lowest BCUT2D eigenvalue weighted by Crippen LogP contribution is -2.37. The van der Waals surface area contributed by atoms with E-state index in [1.165, 1.54) is 35.5 Å². The molecule has 0 spiro atoms. The Kier molecular flexibility index (Phi) is 6.96. The molecule has 0 fully saturated rings. The fraction of sp³-hybridized carbons (Fsp3) is 0.207. The van der Waals surface area contributed by atoms with Crippen LogP contribution >= 0.6 is 0 Å². The smallest absolute Gasteiger partial charge is 0.258 e. The van der Waals surface area contributed by atoms with E-state index in [4.69, 9.17) is 5.10 Å². The summed E-state index contributed by atoms with van der Waals surface area (Å²) in [6, 6.07) is 24.5. The Morgan fingerprint density at radius 2 is 1.53 bits per heavy atom. The lowest BCUT2D eigenvalue weighted by molar-refractivity contribution is 0.0982. The number of hydrogen-bond acceptors (Lipinski definition) is 5. The number of nitrogens with zero attached hydrogens (tertiary/aromatic N) is 4. The SMILES string of the molecule is CC(=O)c1ccc(S(=O)(=O)N2CCc3c(c(CN(C(=O)c4ccccc4)c4ccccc4)nn3C)C2)cc1. The first kappa shape index (κ1) is 25.6. The monoisotopic (exact) mass is 528 g/mol. The van der Waals surface area contributed by atoms with E-state index in [-0.39, 0.29) is 29.7 Å². The summed E-state index contributed by atoms with van der Waals surface area (Å²) in [5, 5.41) is 4.72. The predicted molar refractivity (Wildman–Crippen MR) is 144 cm³/mol. The molecule has 8 nitrogen and oxygen atoms in total. The van der Waals surface area contributed by atoms with E-state index in [9.17, 15) is 18.0 Å². The van der Waals surface area contributed by atoms with Crippen LogP contribution in [0, 0.1) is 0 Å². The van der Waals surface area contributed by atoms with Gasteiger partial charge in [0.1, 0.15) is 0 Å². The zero-order valence-corrected chi connectivity index (χ0v) is 22.1. The Balaban J connectivity index is 1.47. The van der Waals surface area contributed by atoms with Crippen LogP contribution in [0.15, 0.2) is 89.8 Å². The third kappa shape index (κ3) is 4.90. The van der Waals surface area contributed by atoms with Gasteiger partial charge in [0.2, 0.25) is 10.0 Å². The standard InChI is InChI=1S/C29H28N4O4S/c1-21(34)22-13-15-25(16-14-22)38(36,37)32-18-17-28-26(19-32)27(30-31(28)2)20-33(24-11-7-4-8-12-24)29(35)23-9-5-3-6-10-23/h3-16H,17-20H2,1-2H3. The molecule has 5 rings (SSSR count). The molecule has 3 aromatic carbocycles. The topological polar surface area (TPSA) is 92.6 Å². The number of para-hydroxylation sites is 1. The number of benzene rings is 3. The minimum Gasteiger partial charge on any atom is -0.302 e. The summed E-state index contributed by atoms with van der Waals surface area (Å²) < 4.78 is 30.2. The van der Waals surface area contributed by atoms with Gasteiger partial charge in [-0.25, -0.2) is 8.42 Å². The molecular formula is C29H28N4O4S. The van der Waals surface area contributed by atoms with Crippen molar-refractivity contribution in [3.05, 3.63) is 113 Å². The lowest BCUT2D eigenvalue weighted by atomic mass is 10.1. The first-order valence-corrected chi connectivity index (χ1v) is 13.8. The van der Waals surface area contributed by atoms with Gasteiger partial charge >= 0.3 is 0 Å². The van der Waals surface area contributed by atoms with Crippen molar-refractivity contribution in [2.45, 2.75) is 31.3 Å². The molecule has 4 aromatic rings. The maximum atomic E-state index is 13.6. The second kappa shape index (κ2) is 10.4. The van der Waals surface area contributed by atoms with Gasteiger partial charge in [-0.2, -0.15) is 9.40 Å². The Labute approximate surface area is 222 Å². The molecule has 2 heterocycles. The fourth-order valence-electron chi connectivity index (χ4n) is 4.76. The van der Waals surface area contributed by atoms with Crippen molar-refractivity contribution in [3.63, 3.8) is 0 Å². The number of rotatable bonds is 7. The van der Waals surface area contributed by atoms with Crippen LogP contribution in [0.3, 0.4) is 0 Å². The van der Waals surface area contributed by atoms with Crippen molar-refractivity contribution in [2.75, 3.05) is 11.4 Å². The van der Waals surface area contributed by atoms with Gasteiger partial charge in [0, 0.05) is 54.6 Å². The molecule has 0 saturated heterocycles. The van der Waals surface area contributed by atoms with Crippen molar-refractivity contribution in [3.8, 4) is 0 Å². The number of fused-ring (bicyclic) bond motifs is 1. The van der Waals surface area contributed by atoms with Crippen LogP contribution in [0.25, 0.3) is 0 Å². The Bertz CT molecular complexity index is 1580. The summed E-state index contributed by atoms with van der Waals surface area (Å²) in [6.07, 6.45) is 0.502. The van der Waals surface area contributed by atoms with Crippen molar-refractivity contribution in [1.82, 2.24) is 14.1 Å². The molecule has 0 saturated carbocycles. The molecule has 0 aliphatic carbocycles. The number of anilines is 1. The van der Waals surface area contributed by atoms with E-state index in [0.717, 1.165) is 16.9 Å². The Morgan fingerprint density at radius 1 is 0.895 bits per heavy atom. The van der Waals surface area contributed by atoms with Crippen LogP contribution in [0.1, 0.15) is 44.6 Å². The van der Waals surface area contributed by atoms with Gasteiger partial charge in [0.25, 0.3) is 5.91 Å². The Morgan fingerprint density at radius 3 is 2.16 bits per heavy atom. The normalized spacial score (nSPS) is 13.6. The van der Waals surface area contributed by atoms with E-state index in [0.29, 0.717) is 29.8 Å². The highest BCUT2D eigenvalue weighted by Gasteiger charge is 2.33. The molecule has 194 valence electrons. The molecule has 38 heavy (non-hydrogen) atoms. The average molecular weight is 529 g/mol. The van der Waals surface area contributed by atoms with Crippen molar-refractivity contribution >= 4 is 27.4 Å². The van der Waals surface area contributed by atoms with Crippen LogP contribution in [0.4, 0.5) is 5.69 Å². The number of aromatic nitrogens is 2. The molecule has 1 aliphatic heterocycles. The molecule has 0 radical (unpaired) electrons. The van der Waals surface area contributed by atoms with Crippen molar-refractivity contribution in [1.29, 1.82) is 0 Å². The summed E-state index contributed by atoms with van der Waals surface area (Å²) in [5.41, 5.74) is 4.17. The third-order valence-electron chi connectivity index (χ3n) is 6.83. The fourth-order valence-corrected chi connectivity index (χ4v) is 6.17. The molecule has 0 unspecified atom stereocenters. The van der Waals surface area contributed by atoms with Gasteiger partial charge in [-0.3, -0.25) is 14.3 Å². The predicted octanol–water partition coefficient (Wildman–Crippen LogP) is 4.22. The summed E-state index contributed by atoms with van der Waals surface area (Å²) in [6.45, 7) is 2.11. The third-order valence-corrected chi connectivity index (χ3v) is 8.69. The first-order chi connectivity index (χ1) is 18.3. The zero-order valence-electron chi connectivity index (χ0n) is 21.2. The maximum Gasteiger partial charge on any atom is 0.258 e. The van der Waals surface area contributed by atoms with Gasteiger partial charge in [-0.15, -0.1) is 0 Å². The molecule has 1 aliphatic rings. The lowest BCUT2D eigenvalue weighted by Gasteiger charge is -2.28. The molecule has 0 N–H and O–H groups in total. The average Bonchev–Trinajstić information content (AvgIpc) is 3.26. The van der Waals surface area contributed by atoms with Crippen LogP contribution < -0.4 is 4.90 Å². The Hall–Kier alpha value is -4.08. The minimum atomic E-state index is -3.79. The largest absolute Gasteiger partial charge is 0.302 e. The second-order valence-electron chi connectivity index (χ2n) is 9.26. The van der Waals surface area contributed by atoms with E-state index in [2.05, 4.69) is 0 Å². The van der Waals surface area contributed by atoms with Crippen molar-refractivity contribution in [2.24, 2.45) is 7.05 Å². The van der Waals surface area contributed by atoms with Gasteiger partial charge in [-0.1, -0.05) is 48.5 Å². The summed E-state index contributed by atoms with van der Waals surface area (Å²) in [7, 11) is -1.94. The summed E-state index contributed by atoms with van der Waals surface area (Å²) in [5.74, 6) is -0.286. The number of sulfonamides is 1. The van der Waals surface area contributed by atoms with E-state index < -0.39 is 10.0 Å². The van der Waals surface area contributed by atoms with Crippen LogP contribution in [-0.4, -0.2) is 40.7 Å². The summed E-state index contributed by atoms with van der Waals surface area (Å²) in [4.78, 5) is 27.0. The van der Waals surface area contributed by atoms with Crippen LogP contribution in [0.5, 0.6) is 0 Å². The highest BCUT2D eigenvalue weighted by atomic mass is 32.2.